The number of carbonyl (C=O) groups is 3. The van der Waals surface area contributed by atoms with Crippen molar-refractivity contribution in [2.75, 3.05) is 13.2 Å². The van der Waals surface area contributed by atoms with E-state index in [-0.39, 0.29) is 31.1 Å². The van der Waals surface area contributed by atoms with E-state index in [1.165, 1.54) is 218 Å². The van der Waals surface area contributed by atoms with E-state index >= 15 is 0 Å². The monoisotopic (exact) mass is 863 g/mol. The number of esters is 3. The van der Waals surface area contributed by atoms with Gasteiger partial charge in [0.15, 0.2) is 6.10 Å². The van der Waals surface area contributed by atoms with Crippen molar-refractivity contribution >= 4 is 17.9 Å². The second-order valence-corrected chi connectivity index (χ2v) is 18.9. The second-order valence-electron chi connectivity index (χ2n) is 18.9. The number of hydrogen-bond donors (Lipinski definition) is 0. The lowest BCUT2D eigenvalue weighted by atomic mass is 10.0. The maximum Gasteiger partial charge on any atom is 0.306 e. The van der Waals surface area contributed by atoms with E-state index in [0.717, 1.165) is 57.8 Å². The molecule has 0 aliphatic carbocycles. The molecule has 362 valence electrons. The first kappa shape index (κ1) is 59.4. The van der Waals surface area contributed by atoms with Gasteiger partial charge in [-0.15, -0.1) is 0 Å². The fourth-order valence-electron chi connectivity index (χ4n) is 8.45. The van der Waals surface area contributed by atoms with Crippen LogP contribution in [0.15, 0.2) is 0 Å². The quantitative estimate of drug-likeness (QED) is 0.0344. The number of unbranched alkanes of at least 4 members (excludes halogenated alkanes) is 40. The van der Waals surface area contributed by atoms with Gasteiger partial charge in [0.1, 0.15) is 13.2 Å². The summed E-state index contributed by atoms with van der Waals surface area (Å²) in [6.07, 6.45) is 55.4. The van der Waals surface area contributed by atoms with Crippen molar-refractivity contribution < 1.29 is 28.6 Å². The Morgan fingerprint density at radius 3 is 0.656 bits per heavy atom. The maximum atomic E-state index is 12.8. The van der Waals surface area contributed by atoms with E-state index in [0.29, 0.717) is 19.3 Å². The van der Waals surface area contributed by atoms with Crippen LogP contribution >= 0.6 is 0 Å². The van der Waals surface area contributed by atoms with Gasteiger partial charge in [0, 0.05) is 19.3 Å². The molecule has 1 unspecified atom stereocenters. The third kappa shape index (κ3) is 49.3. The van der Waals surface area contributed by atoms with Crippen molar-refractivity contribution in [2.45, 2.75) is 322 Å². The third-order valence-electron chi connectivity index (χ3n) is 12.6. The molecule has 0 amide bonds. The summed E-state index contributed by atoms with van der Waals surface area (Å²) in [4.78, 5) is 37.9. The first-order valence-corrected chi connectivity index (χ1v) is 27.5. The minimum absolute atomic E-state index is 0.0621. The second kappa shape index (κ2) is 51.0. The molecule has 0 aliphatic rings. The summed E-state index contributed by atoms with van der Waals surface area (Å²) >= 11 is 0. The molecular weight excluding hydrogens is 757 g/mol. The highest BCUT2D eigenvalue weighted by molar-refractivity contribution is 5.71. The van der Waals surface area contributed by atoms with Gasteiger partial charge in [0.2, 0.25) is 0 Å². The van der Waals surface area contributed by atoms with Gasteiger partial charge >= 0.3 is 17.9 Å². The Hall–Kier alpha value is -1.59. The summed E-state index contributed by atoms with van der Waals surface area (Å²) in [5, 5.41) is 0. The smallest absolute Gasteiger partial charge is 0.306 e. The van der Waals surface area contributed by atoms with Gasteiger partial charge in [-0.3, -0.25) is 14.4 Å². The molecule has 61 heavy (non-hydrogen) atoms. The standard InChI is InChI=1S/C55H106O6/c1-4-7-10-13-16-18-20-22-24-26-27-28-29-31-32-34-36-39-42-45-48-54(57)60-51-52(50-59-53(56)47-44-41-38-15-12-9-6-3)61-55(58)49-46-43-40-37-35-33-30-25-23-21-19-17-14-11-8-5-2/h52H,4-51H2,1-3H3. The average molecular weight is 863 g/mol. The van der Waals surface area contributed by atoms with Crippen molar-refractivity contribution in [2.24, 2.45) is 0 Å². The molecule has 0 rings (SSSR count). The fourth-order valence-corrected chi connectivity index (χ4v) is 8.45. The number of rotatable bonds is 51. The highest BCUT2D eigenvalue weighted by Gasteiger charge is 2.19. The lowest BCUT2D eigenvalue weighted by Crippen LogP contribution is -2.30. The Bertz CT molecular complexity index is 905. The van der Waals surface area contributed by atoms with E-state index in [9.17, 15) is 14.4 Å². The topological polar surface area (TPSA) is 78.9 Å². The summed E-state index contributed by atoms with van der Waals surface area (Å²) in [6, 6.07) is 0. The predicted octanol–water partition coefficient (Wildman–Crippen LogP) is 18.0. The minimum atomic E-state index is -0.759. The highest BCUT2D eigenvalue weighted by Crippen LogP contribution is 2.17. The molecule has 0 N–H and O–H groups in total. The van der Waals surface area contributed by atoms with Gasteiger partial charge < -0.3 is 14.2 Å². The van der Waals surface area contributed by atoms with Gasteiger partial charge in [0.25, 0.3) is 0 Å². The number of ether oxygens (including phenoxy) is 3. The molecule has 0 aromatic carbocycles. The highest BCUT2D eigenvalue weighted by atomic mass is 16.6. The Morgan fingerprint density at radius 2 is 0.443 bits per heavy atom. The van der Waals surface area contributed by atoms with Crippen LogP contribution in [0.2, 0.25) is 0 Å². The Morgan fingerprint density at radius 1 is 0.262 bits per heavy atom. The van der Waals surface area contributed by atoms with Crippen molar-refractivity contribution in [3.8, 4) is 0 Å². The van der Waals surface area contributed by atoms with Crippen LogP contribution in [0.5, 0.6) is 0 Å². The van der Waals surface area contributed by atoms with Crippen LogP contribution in [-0.4, -0.2) is 37.2 Å². The van der Waals surface area contributed by atoms with E-state index in [1.54, 1.807) is 0 Å². The largest absolute Gasteiger partial charge is 0.462 e. The molecule has 0 aliphatic heterocycles. The van der Waals surface area contributed by atoms with Crippen LogP contribution in [0.4, 0.5) is 0 Å². The molecule has 0 heterocycles. The number of hydrogen-bond acceptors (Lipinski definition) is 6. The van der Waals surface area contributed by atoms with E-state index < -0.39 is 6.10 Å². The number of carbonyl (C=O) groups excluding carboxylic acids is 3. The van der Waals surface area contributed by atoms with Crippen molar-refractivity contribution in [3.05, 3.63) is 0 Å². The Kier molecular flexibility index (Phi) is 49.7. The molecule has 0 bridgehead atoms. The van der Waals surface area contributed by atoms with E-state index in [1.807, 2.05) is 0 Å². The molecule has 0 aromatic heterocycles. The molecule has 1 atom stereocenters. The van der Waals surface area contributed by atoms with E-state index in [2.05, 4.69) is 20.8 Å². The van der Waals surface area contributed by atoms with Crippen molar-refractivity contribution in [1.29, 1.82) is 0 Å². The lowest BCUT2D eigenvalue weighted by Gasteiger charge is -2.18. The SMILES string of the molecule is CCCCCCCCCCCCCCCCCCCCCCC(=O)OCC(COC(=O)CCCCCCCCC)OC(=O)CCCCCCCCCCCCCCCCCC. The fraction of sp³-hybridized carbons (Fsp3) is 0.945. The van der Waals surface area contributed by atoms with Gasteiger partial charge in [0.05, 0.1) is 0 Å². The van der Waals surface area contributed by atoms with Crippen molar-refractivity contribution in [1.82, 2.24) is 0 Å². The minimum Gasteiger partial charge on any atom is -0.462 e. The van der Waals surface area contributed by atoms with Crippen LogP contribution < -0.4 is 0 Å². The maximum absolute atomic E-state index is 12.8. The summed E-state index contributed by atoms with van der Waals surface area (Å²) in [5.74, 6) is -0.845. The van der Waals surface area contributed by atoms with Crippen LogP contribution in [0.3, 0.4) is 0 Å². The summed E-state index contributed by atoms with van der Waals surface area (Å²) in [6.45, 7) is 6.66. The zero-order valence-corrected chi connectivity index (χ0v) is 41.5. The van der Waals surface area contributed by atoms with Crippen LogP contribution in [-0.2, 0) is 28.6 Å². The van der Waals surface area contributed by atoms with Crippen LogP contribution in [0.25, 0.3) is 0 Å². The first-order chi connectivity index (χ1) is 30.0. The zero-order chi connectivity index (χ0) is 44.4. The molecule has 6 heteroatoms. The van der Waals surface area contributed by atoms with Gasteiger partial charge in [-0.2, -0.15) is 0 Å². The third-order valence-corrected chi connectivity index (χ3v) is 12.6. The van der Waals surface area contributed by atoms with Crippen LogP contribution in [0.1, 0.15) is 316 Å². The van der Waals surface area contributed by atoms with Gasteiger partial charge in [-0.05, 0) is 19.3 Å². The Balaban J connectivity index is 4.13. The van der Waals surface area contributed by atoms with E-state index in [4.69, 9.17) is 14.2 Å². The first-order valence-electron chi connectivity index (χ1n) is 27.5. The molecule has 0 spiro atoms. The summed E-state index contributed by atoms with van der Waals surface area (Å²) in [7, 11) is 0. The summed E-state index contributed by atoms with van der Waals surface area (Å²) in [5.41, 5.74) is 0. The molecular formula is C55H106O6. The molecule has 0 saturated heterocycles. The van der Waals surface area contributed by atoms with Gasteiger partial charge in [-0.1, -0.05) is 278 Å². The average Bonchev–Trinajstić information content (AvgIpc) is 3.26. The normalized spacial score (nSPS) is 11.9. The molecule has 0 radical (unpaired) electrons. The van der Waals surface area contributed by atoms with Crippen molar-refractivity contribution in [3.63, 3.8) is 0 Å². The lowest BCUT2D eigenvalue weighted by molar-refractivity contribution is -0.167. The predicted molar refractivity (Wildman–Crippen MR) is 261 cm³/mol. The zero-order valence-electron chi connectivity index (χ0n) is 41.5. The molecule has 0 saturated carbocycles. The molecule has 0 fully saturated rings. The van der Waals surface area contributed by atoms with Crippen LogP contribution in [0, 0.1) is 0 Å². The molecule has 6 nitrogen and oxygen atoms in total. The molecule has 0 aromatic rings. The summed E-state index contributed by atoms with van der Waals surface area (Å²) < 4.78 is 16.8. The Labute approximate surface area is 380 Å². The van der Waals surface area contributed by atoms with Gasteiger partial charge in [-0.25, -0.2) is 0 Å².